The van der Waals surface area contributed by atoms with Crippen molar-refractivity contribution in [3.05, 3.63) is 41.1 Å². The molecule has 4 nitrogen and oxygen atoms in total. The van der Waals surface area contributed by atoms with Gasteiger partial charge in [0.1, 0.15) is 0 Å². The second-order valence-electron chi connectivity index (χ2n) is 4.00. The molecule has 0 spiro atoms. The Morgan fingerprint density at radius 1 is 1.42 bits per heavy atom. The Labute approximate surface area is 124 Å². The van der Waals surface area contributed by atoms with Gasteiger partial charge in [-0.25, -0.2) is 0 Å². The van der Waals surface area contributed by atoms with Crippen molar-refractivity contribution in [3.63, 3.8) is 0 Å². The summed E-state index contributed by atoms with van der Waals surface area (Å²) in [6.45, 7) is 0. The Balaban J connectivity index is 1.73. The molecule has 0 atom stereocenters. The van der Waals surface area contributed by atoms with Crippen molar-refractivity contribution >= 4 is 39.3 Å². The zero-order chi connectivity index (χ0) is 13.7. The lowest BCUT2D eigenvalue weighted by Gasteiger charge is -2.03. The zero-order valence-corrected chi connectivity index (χ0v) is 12.9. The van der Waals surface area contributed by atoms with Gasteiger partial charge >= 0.3 is 0 Å². The van der Waals surface area contributed by atoms with Gasteiger partial charge in [0.2, 0.25) is 5.91 Å². The topological polar surface area (TPSA) is 46.9 Å². The Bertz CT molecular complexity index is 553. The number of anilines is 1. The van der Waals surface area contributed by atoms with E-state index in [0.29, 0.717) is 6.42 Å². The summed E-state index contributed by atoms with van der Waals surface area (Å²) in [5.74, 6) is 0.769. The predicted molar refractivity (Wildman–Crippen MR) is 81.3 cm³/mol. The highest BCUT2D eigenvalue weighted by Gasteiger charge is 2.04. The standard InChI is InChI=1S/C13H14BrN3OS/c1-17-9-11(8-15-17)16-13(18)6-7-19-12-4-2-10(14)3-5-12/h2-5,8-9H,6-7H2,1H3,(H,16,18). The molecule has 100 valence electrons. The highest BCUT2D eigenvalue weighted by atomic mass is 79.9. The van der Waals surface area contributed by atoms with E-state index in [1.807, 2.05) is 31.3 Å². The fourth-order valence-electron chi connectivity index (χ4n) is 1.50. The van der Waals surface area contributed by atoms with Crippen LogP contribution in [0.3, 0.4) is 0 Å². The number of carbonyl (C=O) groups is 1. The number of halogens is 1. The van der Waals surface area contributed by atoms with Crippen LogP contribution >= 0.6 is 27.7 Å². The molecule has 1 heterocycles. The number of hydrogen-bond acceptors (Lipinski definition) is 3. The molecule has 2 aromatic rings. The summed E-state index contributed by atoms with van der Waals surface area (Å²) in [6.07, 6.45) is 3.90. The van der Waals surface area contributed by atoms with E-state index in [1.54, 1.807) is 28.8 Å². The lowest BCUT2D eigenvalue weighted by Crippen LogP contribution is -2.11. The second kappa shape index (κ2) is 6.77. The Kier molecular flexibility index (Phi) is 5.04. The maximum Gasteiger partial charge on any atom is 0.225 e. The number of aryl methyl sites for hydroxylation is 1. The summed E-state index contributed by atoms with van der Waals surface area (Å²) in [5.41, 5.74) is 0.737. The molecule has 1 aromatic heterocycles. The second-order valence-corrected chi connectivity index (χ2v) is 6.09. The normalized spacial score (nSPS) is 10.4. The van der Waals surface area contributed by atoms with Crippen LogP contribution in [0.15, 0.2) is 46.0 Å². The molecule has 0 bridgehead atoms. The number of nitrogens with one attached hydrogen (secondary N) is 1. The lowest BCUT2D eigenvalue weighted by atomic mass is 10.4. The maximum absolute atomic E-state index is 11.7. The largest absolute Gasteiger partial charge is 0.323 e. The molecule has 0 saturated heterocycles. The van der Waals surface area contributed by atoms with Gasteiger partial charge in [0.05, 0.1) is 11.9 Å². The number of amides is 1. The van der Waals surface area contributed by atoms with E-state index in [0.717, 1.165) is 20.8 Å². The van der Waals surface area contributed by atoms with E-state index in [4.69, 9.17) is 0 Å². The average molecular weight is 340 g/mol. The number of aromatic nitrogens is 2. The van der Waals surface area contributed by atoms with Crippen LogP contribution in [-0.2, 0) is 11.8 Å². The van der Waals surface area contributed by atoms with Crippen LogP contribution in [0, 0.1) is 0 Å². The molecule has 0 aliphatic carbocycles. The zero-order valence-electron chi connectivity index (χ0n) is 10.5. The quantitative estimate of drug-likeness (QED) is 0.850. The molecule has 2 rings (SSSR count). The molecular weight excluding hydrogens is 326 g/mol. The number of benzene rings is 1. The number of hydrogen-bond donors (Lipinski definition) is 1. The number of carbonyl (C=O) groups excluding carboxylic acids is 1. The fourth-order valence-corrected chi connectivity index (χ4v) is 2.62. The highest BCUT2D eigenvalue weighted by molar-refractivity contribution is 9.10. The van der Waals surface area contributed by atoms with Gasteiger partial charge in [0, 0.05) is 34.8 Å². The highest BCUT2D eigenvalue weighted by Crippen LogP contribution is 2.21. The van der Waals surface area contributed by atoms with Gasteiger partial charge in [-0.1, -0.05) is 15.9 Å². The number of thioether (sulfide) groups is 1. The van der Waals surface area contributed by atoms with E-state index >= 15 is 0 Å². The van der Waals surface area contributed by atoms with Crippen molar-refractivity contribution < 1.29 is 4.79 Å². The van der Waals surface area contributed by atoms with E-state index < -0.39 is 0 Å². The van der Waals surface area contributed by atoms with Gasteiger partial charge < -0.3 is 5.32 Å². The van der Waals surface area contributed by atoms with E-state index in [2.05, 4.69) is 26.3 Å². The fraction of sp³-hybridized carbons (Fsp3) is 0.231. The van der Waals surface area contributed by atoms with Crippen molar-refractivity contribution in [1.82, 2.24) is 9.78 Å². The van der Waals surface area contributed by atoms with Crippen LogP contribution < -0.4 is 5.32 Å². The average Bonchev–Trinajstić information content (AvgIpc) is 2.77. The van der Waals surface area contributed by atoms with Gasteiger partial charge in [-0.05, 0) is 24.3 Å². The summed E-state index contributed by atoms with van der Waals surface area (Å²) in [4.78, 5) is 12.9. The summed E-state index contributed by atoms with van der Waals surface area (Å²) in [7, 11) is 1.82. The molecule has 1 aromatic carbocycles. The van der Waals surface area contributed by atoms with Gasteiger partial charge in [-0.2, -0.15) is 5.10 Å². The Morgan fingerprint density at radius 2 is 2.16 bits per heavy atom. The minimum atomic E-state index is 0.0117. The molecule has 0 aliphatic rings. The van der Waals surface area contributed by atoms with E-state index in [1.165, 1.54) is 0 Å². The summed E-state index contributed by atoms with van der Waals surface area (Å²) < 4.78 is 2.72. The smallest absolute Gasteiger partial charge is 0.225 e. The van der Waals surface area contributed by atoms with Gasteiger partial charge in [0.25, 0.3) is 0 Å². The Morgan fingerprint density at radius 3 is 2.79 bits per heavy atom. The van der Waals surface area contributed by atoms with Gasteiger partial charge in [-0.15, -0.1) is 11.8 Å². The first kappa shape index (κ1) is 14.1. The molecule has 1 amide bonds. The van der Waals surface area contributed by atoms with Crippen LogP contribution in [0.1, 0.15) is 6.42 Å². The lowest BCUT2D eigenvalue weighted by molar-refractivity contribution is -0.115. The van der Waals surface area contributed by atoms with Gasteiger partial charge in [-0.3, -0.25) is 9.48 Å². The molecule has 0 unspecified atom stereocenters. The van der Waals surface area contributed by atoms with Crippen LogP contribution in [0.5, 0.6) is 0 Å². The molecule has 1 N–H and O–H groups in total. The van der Waals surface area contributed by atoms with Crippen molar-refractivity contribution in [2.75, 3.05) is 11.1 Å². The summed E-state index contributed by atoms with van der Waals surface area (Å²) >= 11 is 5.07. The molecule has 6 heteroatoms. The van der Waals surface area contributed by atoms with Crippen molar-refractivity contribution in [3.8, 4) is 0 Å². The minimum absolute atomic E-state index is 0.0117. The molecule has 0 fully saturated rings. The predicted octanol–water partition coefficient (Wildman–Crippen LogP) is 3.30. The first-order valence-corrected chi connectivity index (χ1v) is 7.58. The summed E-state index contributed by atoms with van der Waals surface area (Å²) in [6, 6.07) is 8.07. The maximum atomic E-state index is 11.7. The molecule has 0 saturated carbocycles. The van der Waals surface area contributed by atoms with Crippen LogP contribution in [0.2, 0.25) is 0 Å². The molecular formula is C13H14BrN3OS. The summed E-state index contributed by atoms with van der Waals surface area (Å²) in [5, 5.41) is 6.81. The number of nitrogens with zero attached hydrogens (tertiary/aromatic N) is 2. The van der Waals surface area contributed by atoms with E-state index in [9.17, 15) is 4.79 Å². The third-order valence-corrected chi connectivity index (χ3v) is 3.94. The molecule has 19 heavy (non-hydrogen) atoms. The van der Waals surface area contributed by atoms with Crippen molar-refractivity contribution in [1.29, 1.82) is 0 Å². The molecule has 0 aliphatic heterocycles. The van der Waals surface area contributed by atoms with Crippen LogP contribution in [0.4, 0.5) is 5.69 Å². The van der Waals surface area contributed by atoms with Gasteiger partial charge in [0.15, 0.2) is 0 Å². The first-order chi connectivity index (χ1) is 9.13. The van der Waals surface area contributed by atoms with Crippen molar-refractivity contribution in [2.24, 2.45) is 7.05 Å². The monoisotopic (exact) mass is 339 g/mol. The number of rotatable bonds is 5. The molecule has 0 radical (unpaired) electrons. The third kappa shape index (κ3) is 4.72. The van der Waals surface area contributed by atoms with Crippen LogP contribution in [-0.4, -0.2) is 21.4 Å². The third-order valence-electron chi connectivity index (χ3n) is 2.40. The first-order valence-electron chi connectivity index (χ1n) is 5.80. The minimum Gasteiger partial charge on any atom is -0.323 e. The van der Waals surface area contributed by atoms with E-state index in [-0.39, 0.29) is 5.91 Å². The Hall–Kier alpha value is -1.27. The van der Waals surface area contributed by atoms with Crippen LogP contribution in [0.25, 0.3) is 0 Å². The van der Waals surface area contributed by atoms with Crippen molar-refractivity contribution in [2.45, 2.75) is 11.3 Å². The SMILES string of the molecule is Cn1cc(NC(=O)CCSc2ccc(Br)cc2)cn1.